The number of rotatable bonds is 4. The molecule has 8 rings (SSSR count). The number of benzene rings is 4. The molecule has 0 amide bonds. The molecule has 7 heteroatoms. The molecule has 44 heavy (non-hydrogen) atoms. The van der Waals surface area contributed by atoms with Gasteiger partial charge in [-0.15, -0.1) is 0 Å². The van der Waals surface area contributed by atoms with Gasteiger partial charge in [-0.05, 0) is 66.0 Å². The number of nitrogens with zero attached hydrogens (tertiary/aromatic N) is 5. The highest BCUT2D eigenvalue weighted by Crippen LogP contribution is 2.47. The fourth-order valence-electron chi connectivity index (χ4n) is 6.93. The maximum absolute atomic E-state index is 6.49. The summed E-state index contributed by atoms with van der Waals surface area (Å²) in [6.45, 7) is 9.37. The van der Waals surface area contributed by atoms with Crippen LogP contribution in [0, 0.1) is 6.33 Å². The molecule has 2 aliphatic rings. The zero-order valence-electron chi connectivity index (χ0n) is 25.7. The highest BCUT2D eigenvalue weighted by atomic mass is 16.5. The highest BCUT2D eigenvalue weighted by Gasteiger charge is 2.46. The van der Waals surface area contributed by atoms with Crippen LogP contribution in [0.5, 0.6) is 11.5 Å². The molecule has 4 aromatic carbocycles. The summed E-state index contributed by atoms with van der Waals surface area (Å²) in [4.78, 5) is 7.05. The van der Waals surface area contributed by atoms with Crippen LogP contribution in [0.1, 0.15) is 39.0 Å². The molecule has 0 bridgehead atoms. The number of imidazole rings is 2. The van der Waals surface area contributed by atoms with Crippen molar-refractivity contribution in [2.45, 2.75) is 38.5 Å². The Labute approximate surface area is 258 Å². The van der Waals surface area contributed by atoms with Crippen LogP contribution in [-0.4, -0.2) is 28.1 Å². The standard InChI is InChI=1S/C37H34BN5O/c1-36(2)31-16-9-10-17-33(31)42-25-41(24-34(42)37(36,3)4)27-14-11-15-28(22-27)44-29-18-19-32-30(23-29)35-39-20-21-43(35)38(40(32)5)26-12-7-6-8-13-26/h6-24H,1-5H3. The van der Waals surface area contributed by atoms with Crippen molar-refractivity contribution < 1.29 is 9.30 Å². The normalized spacial score (nSPS) is 15.7. The molecule has 0 spiro atoms. The SMILES string of the molecule is CN1B(c2ccccc2)n2ccnc2-c2cc(Oc3cccc(-n4[c-][n+]5c(c4)C(C)(C)C(C)(C)c4ccccc4-5)c3)ccc21. The highest BCUT2D eigenvalue weighted by molar-refractivity contribution is 6.76. The predicted octanol–water partition coefficient (Wildman–Crippen LogP) is 6.47. The molecule has 0 saturated heterocycles. The van der Waals surface area contributed by atoms with Gasteiger partial charge in [0.25, 0.3) is 6.33 Å². The maximum Gasteiger partial charge on any atom is 0.416 e. The van der Waals surface area contributed by atoms with Crippen LogP contribution in [0.2, 0.25) is 0 Å². The topological polar surface area (TPSA) is 39.1 Å². The lowest BCUT2D eigenvalue weighted by molar-refractivity contribution is -0.617. The smallest absolute Gasteiger partial charge is 0.416 e. The van der Waals surface area contributed by atoms with E-state index in [1.54, 1.807) is 0 Å². The Morgan fingerprint density at radius 1 is 0.818 bits per heavy atom. The lowest BCUT2D eigenvalue weighted by Gasteiger charge is -2.47. The zero-order chi connectivity index (χ0) is 30.2. The molecule has 0 aliphatic carbocycles. The van der Waals surface area contributed by atoms with Crippen molar-refractivity contribution in [2.24, 2.45) is 0 Å². The van der Waals surface area contributed by atoms with E-state index in [2.05, 4.69) is 151 Å². The van der Waals surface area contributed by atoms with Crippen LogP contribution < -0.4 is 19.6 Å². The van der Waals surface area contributed by atoms with E-state index in [1.807, 2.05) is 24.4 Å². The van der Waals surface area contributed by atoms with E-state index in [1.165, 1.54) is 22.4 Å². The third-order valence-electron chi connectivity index (χ3n) is 10.0. The second kappa shape index (κ2) is 9.48. The summed E-state index contributed by atoms with van der Waals surface area (Å²) in [5, 5.41) is 0. The number of aromatic nitrogens is 4. The predicted molar refractivity (Wildman–Crippen MR) is 176 cm³/mol. The Bertz CT molecular complexity index is 2040. The number of fused-ring (bicyclic) bond motifs is 6. The van der Waals surface area contributed by atoms with E-state index in [4.69, 9.17) is 9.72 Å². The third kappa shape index (κ3) is 3.81. The van der Waals surface area contributed by atoms with Gasteiger partial charge in [0, 0.05) is 35.3 Å². The number of ether oxygens (including phenoxy) is 1. The van der Waals surface area contributed by atoms with Crippen LogP contribution in [0.15, 0.2) is 116 Å². The maximum atomic E-state index is 6.49. The van der Waals surface area contributed by atoms with Gasteiger partial charge in [-0.1, -0.05) is 82.3 Å². The van der Waals surface area contributed by atoms with E-state index in [0.717, 1.165) is 34.3 Å². The van der Waals surface area contributed by atoms with Gasteiger partial charge in [0.1, 0.15) is 17.3 Å². The average molecular weight is 576 g/mol. The molecule has 0 radical (unpaired) electrons. The first-order chi connectivity index (χ1) is 21.2. The first-order valence-corrected chi connectivity index (χ1v) is 15.1. The third-order valence-corrected chi connectivity index (χ3v) is 10.0. The van der Waals surface area contributed by atoms with Crippen LogP contribution >= 0.6 is 0 Å². The van der Waals surface area contributed by atoms with E-state index in [0.29, 0.717) is 0 Å². The molecule has 6 nitrogen and oxygen atoms in total. The van der Waals surface area contributed by atoms with E-state index in [9.17, 15) is 0 Å². The molecule has 0 saturated carbocycles. The number of hydrogen-bond donors (Lipinski definition) is 0. The van der Waals surface area contributed by atoms with Gasteiger partial charge in [-0.3, -0.25) is 9.13 Å². The largest absolute Gasteiger partial charge is 0.458 e. The molecule has 0 N–H and O–H groups in total. The minimum Gasteiger partial charge on any atom is -0.458 e. The van der Waals surface area contributed by atoms with Gasteiger partial charge < -0.3 is 14.0 Å². The van der Waals surface area contributed by atoms with Crippen LogP contribution in [0.4, 0.5) is 5.69 Å². The van der Waals surface area contributed by atoms with Crippen molar-refractivity contribution in [1.29, 1.82) is 0 Å². The quantitative estimate of drug-likeness (QED) is 0.137. The van der Waals surface area contributed by atoms with Gasteiger partial charge in [0.05, 0.1) is 17.1 Å². The summed E-state index contributed by atoms with van der Waals surface area (Å²) in [6.07, 6.45) is 9.76. The van der Waals surface area contributed by atoms with Crippen molar-refractivity contribution >= 4 is 18.1 Å². The van der Waals surface area contributed by atoms with Crippen molar-refractivity contribution in [1.82, 2.24) is 14.0 Å². The van der Waals surface area contributed by atoms with Gasteiger partial charge in [0.2, 0.25) is 0 Å². The molecule has 0 atom stereocenters. The number of para-hydroxylation sites is 1. The van der Waals surface area contributed by atoms with Crippen molar-refractivity contribution in [3.8, 4) is 34.3 Å². The fourth-order valence-corrected chi connectivity index (χ4v) is 6.93. The Hall–Kier alpha value is -5.04. The van der Waals surface area contributed by atoms with Crippen LogP contribution in [0.3, 0.4) is 0 Å². The van der Waals surface area contributed by atoms with Gasteiger partial charge in [0.15, 0.2) is 0 Å². The summed E-state index contributed by atoms with van der Waals surface area (Å²) < 4.78 is 13.0. The average Bonchev–Trinajstić information content (AvgIpc) is 3.70. The minimum absolute atomic E-state index is 0.0358. The fraction of sp³-hybridized carbons (Fsp3) is 0.189. The van der Waals surface area contributed by atoms with Crippen LogP contribution in [-0.2, 0) is 10.8 Å². The lowest BCUT2D eigenvalue weighted by atomic mass is 9.60. The van der Waals surface area contributed by atoms with E-state index >= 15 is 0 Å². The molecule has 2 aliphatic heterocycles. The summed E-state index contributed by atoms with van der Waals surface area (Å²) in [6, 6.07) is 33.7. The monoisotopic (exact) mass is 575 g/mol. The molecule has 216 valence electrons. The molecule has 0 unspecified atom stereocenters. The van der Waals surface area contributed by atoms with Gasteiger partial charge in [-0.25, -0.2) is 4.98 Å². The second-order valence-corrected chi connectivity index (χ2v) is 12.9. The van der Waals surface area contributed by atoms with Gasteiger partial charge >= 0.3 is 6.98 Å². The number of anilines is 1. The van der Waals surface area contributed by atoms with Crippen molar-refractivity contribution in [3.63, 3.8) is 0 Å². The summed E-state index contributed by atoms with van der Waals surface area (Å²) in [5.74, 6) is 2.47. The minimum atomic E-state index is -0.0985. The Morgan fingerprint density at radius 3 is 2.43 bits per heavy atom. The van der Waals surface area contributed by atoms with Gasteiger partial charge in [-0.2, -0.15) is 0 Å². The lowest BCUT2D eigenvalue weighted by Crippen LogP contribution is -2.54. The van der Waals surface area contributed by atoms with Crippen LogP contribution in [0.25, 0.3) is 22.8 Å². The zero-order valence-corrected chi connectivity index (χ0v) is 25.7. The Morgan fingerprint density at radius 2 is 1.59 bits per heavy atom. The Kier molecular flexibility index (Phi) is 5.73. The van der Waals surface area contributed by atoms with E-state index < -0.39 is 0 Å². The molecular weight excluding hydrogens is 541 g/mol. The second-order valence-electron chi connectivity index (χ2n) is 12.9. The van der Waals surface area contributed by atoms with E-state index in [-0.39, 0.29) is 17.8 Å². The molecule has 0 fully saturated rings. The summed E-state index contributed by atoms with van der Waals surface area (Å²) in [7, 11) is 2.13. The first kappa shape index (κ1) is 26.6. The molecule has 6 aromatic rings. The van der Waals surface area contributed by atoms with Crippen molar-refractivity contribution in [3.05, 3.63) is 133 Å². The van der Waals surface area contributed by atoms with Crippen molar-refractivity contribution in [2.75, 3.05) is 11.9 Å². The Balaban J connectivity index is 1.13. The molecule has 2 aromatic heterocycles. The molecule has 4 heterocycles. The summed E-state index contributed by atoms with van der Waals surface area (Å²) >= 11 is 0. The first-order valence-electron chi connectivity index (χ1n) is 15.1. The number of hydrogen-bond acceptors (Lipinski definition) is 3. The summed E-state index contributed by atoms with van der Waals surface area (Å²) in [5.41, 5.74) is 7.99. The molecular formula is C37H34BN5O.